The predicted octanol–water partition coefficient (Wildman–Crippen LogP) is 0.929. The highest BCUT2D eigenvalue weighted by atomic mass is 32.1. The average Bonchev–Trinajstić information content (AvgIpc) is 2.88. The Morgan fingerprint density at radius 1 is 1.50 bits per heavy atom. The maximum absolute atomic E-state index is 11.5. The van der Waals surface area contributed by atoms with Crippen molar-refractivity contribution in [3.05, 3.63) is 35.3 Å². The molecule has 18 heavy (non-hydrogen) atoms. The van der Waals surface area contributed by atoms with E-state index in [1.165, 1.54) is 6.20 Å². The van der Waals surface area contributed by atoms with Gasteiger partial charge in [0.1, 0.15) is 17.2 Å². The number of nitrogens with two attached hydrogens (primary N) is 1. The molecule has 6 nitrogen and oxygen atoms in total. The van der Waals surface area contributed by atoms with Gasteiger partial charge in [-0.3, -0.25) is 4.79 Å². The van der Waals surface area contributed by atoms with Crippen molar-refractivity contribution in [3.63, 3.8) is 0 Å². The molecule has 0 aliphatic rings. The van der Waals surface area contributed by atoms with Crippen LogP contribution in [0, 0.1) is 0 Å². The summed E-state index contributed by atoms with van der Waals surface area (Å²) in [7, 11) is 0. The first-order valence-electron chi connectivity index (χ1n) is 5.29. The van der Waals surface area contributed by atoms with Crippen LogP contribution >= 0.6 is 11.5 Å². The number of hydrogen-bond acceptors (Lipinski definition) is 6. The zero-order valence-electron chi connectivity index (χ0n) is 9.50. The van der Waals surface area contributed by atoms with Crippen molar-refractivity contribution in [2.24, 2.45) is 0 Å². The van der Waals surface area contributed by atoms with E-state index in [9.17, 15) is 4.79 Å². The van der Waals surface area contributed by atoms with Gasteiger partial charge in [-0.15, -0.1) is 5.10 Å². The van der Waals surface area contributed by atoms with Crippen LogP contribution in [-0.4, -0.2) is 28.6 Å². The first-order chi connectivity index (χ1) is 8.75. The number of anilines is 1. The van der Waals surface area contributed by atoms with Crippen molar-refractivity contribution in [2.45, 2.75) is 0 Å². The molecule has 0 saturated heterocycles. The summed E-state index contributed by atoms with van der Waals surface area (Å²) in [4.78, 5) is 12.0. The van der Waals surface area contributed by atoms with Crippen LogP contribution in [0.3, 0.4) is 0 Å². The van der Waals surface area contributed by atoms with Crippen LogP contribution in [0.5, 0.6) is 5.75 Å². The highest BCUT2D eigenvalue weighted by Crippen LogP contribution is 2.13. The molecule has 0 fully saturated rings. The second kappa shape index (κ2) is 5.97. The van der Waals surface area contributed by atoms with Gasteiger partial charge in [0.25, 0.3) is 5.91 Å². The lowest BCUT2D eigenvalue weighted by molar-refractivity contribution is 0.0951. The maximum atomic E-state index is 11.5. The van der Waals surface area contributed by atoms with Crippen molar-refractivity contribution < 1.29 is 9.53 Å². The van der Waals surface area contributed by atoms with Crippen LogP contribution in [0.1, 0.15) is 9.67 Å². The van der Waals surface area contributed by atoms with Gasteiger partial charge in [-0.25, -0.2) is 0 Å². The number of nitrogens with zero attached hydrogens (tertiary/aromatic N) is 2. The molecule has 1 aromatic carbocycles. The highest BCUT2D eigenvalue weighted by Gasteiger charge is 2.06. The molecule has 7 heteroatoms. The van der Waals surface area contributed by atoms with Crippen molar-refractivity contribution in [3.8, 4) is 5.75 Å². The lowest BCUT2D eigenvalue weighted by atomic mass is 10.3. The van der Waals surface area contributed by atoms with E-state index in [0.717, 1.165) is 11.5 Å². The number of aromatic nitrogens is 2. The van der Waals surface area contributed by atoms with Crippen LogP contribution in [0.4, 0.5) is 5.69 Å². The topological polar surface area (TPSA) is 90.1 Å². The standard InChI is InChI=1S/C11H12N4O2S/c12-8-2-1-3-9(6-8)17-5-4-13-11(16)10-7-14-15-18-10/h1-3,6-7H,4-5,12H2,(H,13,16). The molecule has 0 saturated carbocycles. The first-order valence-corrected chi connectivity index (χ1v) is 6.07. The van der Waals surface area contributed by atoms with Gasteiger partial charge < -0.3 is 15.8 Å². The smallest absolute Gasteiger partial charge is 0.264 e. The number of nitrogen functional groups attached to an aromatic ring is 1. The average molecular weight is 264 g/mol. The lowest BCUT2D eigenvalue weighted by Crippen LogP contribution is -2.27. The third-order valence-electron chi connectivity index (χ3n) is 2.10. The zero-order chi connectivity index (χ0) is 12.8. The normalized spacial score (nSPS) is 10.0. The quantitative estimate of drug-likeness (QED) is 0.619. The highest BCUT2D eigenvalue weighted by molar-refractivity contribution is 7.07. The summed E-state index contributed by atoms with van der Waals surface area (Å²) in [5.74, 6) is 0.491. The largest absolute Gasteiger partial charge is 0.492 e. The van der Waals surface area contributed by atoms with E-state index in [1.807, 2.05) is 12.1 Å². The fraction of sp³-hybridized carbons (Fsp3) is 0.182. The number of carbonyl (C=O) groups is 1. The fourth-order valence-corrected chi connectivity index (χ4v) is 1.72. The van der Waals surface area contributed by atoms with Crippen LogP contribution < -0.4 is 15.8 Å². The van der Waals surface area contributed by atoms with E-state index >= 15 is 0 Å². The third kappa shape index (κ3) is 3.42. The molecule has 2 rings (SSSR count). The summed E-state index contributed by atoms with van der Waals surface area (Å²) in [5.41, 5.74) is 6.26. The minimum absolute atomic E-state index is 0.193. The van der Waals surface area contributed by atoms with Crippen LogP contribution in [0.2, 0.25) is 0 Å². The Kier molecular flexibility index (Phi) is 4.08. The molecule has 1 aromatic heterocycles. The summed E-state index contributed by atoms with van der Waals surface area (Å²) in [6.07, 6.45) is 1.43. The Morgan fingerprint density at radius 2 is 2.39 bits per heavy atom. The zero-order valence-corrected chi connectivity index (χ0v) is 10.3. The molecular weight excluding hydrogens is 252 g/mol. The summed E-state index contributed by atoms with van der Waals surface area (Å²) >= 11 is 1.06. The molecular formula is C11H12N4O2S. The summed E-state index contributed by atoms with van der Waals surface area (Å²) in [6, 6.07) is 7.14. The number of nitrogens with one attached hydrogen (secondary N) is 1. The second-order valence-corrected chi connectivity index (χ2v) is 4.24. The van der Waals surface area contributed by atoms with Crippen LogP contribution in [0.15, 0.2) is 30.5 Å². The summed E-state index contributed by atoms with van der Waals surface area (Å²) in [6.45, 7) is 0.785. The summed E-state index contributed by atoms with van der Waals surface area (Å²) < 4.78 is 9.05. The van der Waals surface area contributed by atoms with Gasteiger partial charge in [0.2, 0.25) is 0 Å². The van der Waals surface area contributed by atoms with E-state index in [-0.39, 0.29) is 5.91 Å². The van der Waals surface area contributed by atoms with Gasteiger partial charge in [0.15, 0.2) is 0 Å². The van der Waals surface area contributed by atoms with Gasteiger partial charge in [-0.05, 0) is 23.7 Å². The van der Waals surface area contributed by atoms with E-state index in [1.54, 1.807) is 12.1 Å². The van der Waals surface area contributed by atoms with E-state index in [2.05, 4.69) is 14.9 Å². The Bertz CT molecular complexity index is 516. The molecule has 0 atom stereocenters. The van der Waals surface area contributed by atoms with Crippen molar-refractivity contribution in [1.82, 2.24) is 14.9 Å². The molecule has 0 spiro atoms. The van der Waals surface area contributed by atoms with E-state index in [0.29, 0.717) is 29.5 Å². The molecule has 0 bridgehead atoms. The van der Waals surface area contributed by atoms with E-state index < -0.39 is 0 Å². The number of rotatable bonds is 5. The lowest BCUT2D eigenvalue weighted by Gasteiger charge is -2.07. The Hall–Kier alpha value is -2.15. The minimum atomic E-state index is -0.193. The molecule has 1 amide bonds. The molecule has 0 aliphatic heterocycles. The molecule has 0 unspecified atom stereocenters. The van der Waals surface area contributed by atoms with Crippen molar-refractivity contribution >= 4 is 23.1 Å². The third-order valence-corrected chi connectivity index (χ3v) is 2.76. The van der Waals surface area contributed by atoms with Gasteiger partial charge in [0.05, 0.1) is 12.7 Å². The Labute approximate surface area is 108 Å². The minimum Gasteiger partial charge on any atom is -0.492 e. The number of benzene rings is 1. The number of carbonyl (C=O) groups excluding carboxylic acids is 1. The Morgan fingerprint density at radius 3 is 3.11 bits per heavy atom. The number of hydrogen-bond donors (Lipinski definition) is 2. The fourth-order valence-electron chi connectivity index (χ4n) is 1.29. The monoisotopic (exact) mass is 264 g/mol. The van der Waals surface area contributed by atoms with Gasteiger partial charge >= 0.3 is 0 Å². The molecule has 3 N–H and O–H groups in total. The summed E-state index contributed by atoms with van der Waals surface area (Å²) in [5, 5.41) is 6.30. The molecule has 0 aliphatic carbocycles. The first kappa shape index (κ1) is 12.3. The molecule has 94 valence electrons. The number of amides is 1. The van der Waals surface area contributed by atoms with E-state index in [4.69, 9.17) is 10.5 Å². The maximum Gasteiger partial charge on any atom is 0.264 e. The Balaban J connectivity index is 1.72. The van der Waals surface area contributed by atoms with Gasteiger partial charge in [0, 0.05) is 11.8 Å². The SMILES string of the molecule is Nc1cccc(OCCNC(=O)c2cnns2)c1. The van der Waals surface area contributed by atoms with Gasteiger partial charge in [-0.1, -0.05) is 10.6 Å². The number of ether oxygens (including phenoxy) is 1. The van der Waals surface area contributed by atoms with Crippen molar-refractivity contribution in [2.75, 3.05) is 18.9 Å². The molecule has 1 heterocycles. The molecule has 2 aromatic rings. The second-order valence-electron chi connectivity index (χ2n) is 3.46. The molecule has 0 radical (unpaired) electrons. The predicted molar refractivity (Wildman–Crippen MR) is 68.6 cm³/mol. The van der Waals surface area contributed by atoms with Crippen molar-refractivity contribution in [1.29, 1.82) is 0 Å². The van der Waals surface area contributed by atoms with Crippen LogP contribution in [-0.2, 0) is 0 Å². The van der Waals surface area contributed by atoms with Gasteiger partial charge in [-0.2, -0.15) is 0 Å². The van der Waals surface area contributed by atoms with Crippen LogP contribution in [0.25, 0.3) is 0 Å².